The van der Waals surface area contributed by atoms with Gasteiger partial charge >= 0.3 is 0 Å². The average Bonchev–Trinajstić information content (AvgIpc) is 2.42. The van der Waals surface area contributed by atoms with Crippen LogP contribution in [0.25, 0.3) is 0 Å². The Hall–Kier alpha value is -2.56. The first-order valence-electron chi connectivity index (χ1n) is 7.12. The molecule has 0 atom stereocenters. The molecule has 3 N–H and O–H groups in total. The van der Waals surface area contributed by atoms with E-state index in [4.69, 9.17) is 5.73 Å². The van der Waals surface area contributed by atoms with Crippen molar-refractivity contribution >= 4 is 17.3 Å². The molecule has 1 amide bonds. The summed E-state index contributed by atoms with van der Waals surface area (Å²) >= 11 is 0. The van der Waals surface area contributed by atoms with Gasteiger partial charge in [-0.2, -0.15) is 0 Å². The molecule has 0 bridgehead atoms. The van der Waals surface area contributed by atoms with Gasteiger partial charge in [-0.1, -0.05) is 12.1 Å². The SMILES string of the molecule is Cc1ccc(=O)n(CC(C)(C)C(=O)Nc2cccc(N)c2)c1. The summed E-state index contributed by atoms with van der Waals surface area (Å²) in [5.74, 6) is -0.161. The number of carbonyl (C=O) groups excluding carboxylic acids is 1. The maximum atomic E-state index is 12.5. The summed E-state index contributed by atoms with van der Waals surface area (Å²) < 4.78 is 1.56. The van der Waals surface area contributed by atoms with E-state index in [0.29, 0.717) is 17.9 Å². The van der Waals surface area contributed by atoms with Crippen LogP contribution in [0.1, 0.15) is 19.4 Å². The Bertz CT molecular complexity index is 748. The van der Waals surface area contributed by atoms with Crippen molar-refractivity contribution in [2.45, 2.75) is 27.3 Å². The molecule has 0 aliphatic heterocycles. The van der Waals surface area contributed by atoms with Crippen LogP contribution >= 0.6 is 0 Å². The molecule has 0 saturated heterocycles. The lowest BCUT2D eigenvalue weighted by atomic mass is 9.91. The maximum Gasteiger partial charge on any atom is 0.250 e. The fraction of sp³-hybridized carbons (Fsp3) is 0.294. The lowest BCUT2D eigenvalue weighted by Crippen LogP contribution is -2.37. The number of aryl methyl sites for hydroxylation is 1. The molecule has 0 radical (unpaired) electrons. The van der Waals surface area contributed by atoms with Gasteiger partial charge < -0.3 is 15.6 Å². The van der Waals surface area contributed by atoms with Crippen LogP contribution in [-0.4, -0.2) is 10.5 Å². The Morgan fingerprint density at radius 1 is 1.27 bits per heavy atom. The van der Waals surface area contributed by atoms with Crippen LogP contribution in [0.2, 0.25) is 0 Å². The molecular formula is C17H21N3O2. The van der Waals surface area contributed by atoms with Crippen molar-refractivity contribution in [2.24, 2.45) is 5.41 Å². The van der Waals surface area contributed by atoms with E-state index in [1.807, 2.05) is 20.8 Å². The fourth-order valence-electron chi connectivity index (χ4n) is 2.19. The van der Waals surface area contributed by atoms with Gasteiger partial charge in [-0.3, -0.25) is 9.59 Å². The summed E-state index contributed by atoms with van der Waals surface area (Å²) in [6, 6.07) is 10.3. The van der Waals surface area contributed by atoms with Crippen LogP contribution in [0.4, 0.5) is 11.4 Å². The summed E-state index contributed by atoms with van der Waals surface area (Å²) in [6.07, 6.45) is 1.76. The van der Waals surface area contributed by atoms with Gasteiger partial charge in [0.1, 0.15) is 0 Å². The molecule has 5 nitrogen and oxygen atoms in total. The van der Waals surface area contributed by atoms with Crippen LogP contribution in [0, 0.1) is 12.3 Å². The number of amides is 1. The largest absolute Gasteiger partial charge is 0.399 e. The minimum atomic E-state index is -0.734. The molecule has 5 heteroatoms. The van der Waals surface area contributed by atoms with E-state index in [0.717, 1.165) is 5.56 Å². The van der Waals surface area contributed by atoms with E-state index < -0.39 is 5.41 Å². The number of rotatable bonds is 4. The topological polar surface area (TPSA) is 77.1 Å². The third-order valence-electron chi connectivity index (χ3n) is 3.46. The number of hydrogen-bond acceptors (Lipinski definition) is 3. The Morgan fingerprint density at radius 2 is 2.00 bits per heavy atom. The first-order chi connectivity index (χ1) is 10.3. The maximum absolute atomic E-state index is 12.5. The van der Waals surface area contributed by atoms with Crippen LogP contribution in [0.3, 0.4) is 0 Å². The van der Waals surface area contributed by atoms with E-state index in [2.05, 4.69) is 5.32 Å². The predicted octanol–water partition coefficient (Wildman–Crippen LogP) is 2.40. The van der Waals surface area contributed by atoms with E-state index in [9.17, 15) is 9.59 Å². The second kappa shape index (κ2) is 6.05. The first-order valence-corrected chi connectivity index (χ1v) is 7.12. The highest BCUT2D eigenvalue weighted by molar-refractivity contribution is 5.95. The average molecular weight is 299 g/mol. The number of aromatic nitrogens is 1. The molecule has 0 aliphatic carbocycles. The van der Waals surface area contributed by atoms with Crippen LogP contribution in [0.15, 0.2) is 47.4 Å². The number of nitrogens with two attached hydrogens (primary N) is 1. The summed E-state index contributed by atoms with van der Waals surface area (Å²) in [6.45, 7) is 5.84. The third-order valence-corrected chi connectivity index (χ3v) is 3.46. The molecule has 1 aromatic carbocycles. The van der Waals surface area contributed by atoms with Crippen molar-refractivity contribution in [2.75, 3.05) is 11.1 Å². The Morgan fingerprint density at radius 3 is 2.68 bits per heavy atom. The van der Waals surface area contributed by atoms with Gasteiger partial charge in [0.15, 0.2) is 0 Å². The molecule has 22 heavy (non-hydrogen) atoms. The van der Waals surface area contributed by atoms with Crippen molar-refractivity contribution in [1.82, 2.24) is 4.57 Å². The van der Waals surface area contributed by atoms with Crippen molar-refractivity contribution in [3.63, 3.8) is 0 Å². The molecule has 0 saturated carbocycles. The van der Waals surface area contributed by atoms with Crippen molar-refractivity contribution < 1.29 is 4.79 Å². The number of carbonyl (C=O) groups is 1. The van der Waals surface area contributed by atoms with Crippen LogP contribution < -0.4 is 16.6 Å². The molecule has 1 aromatic heterocycles. The summed E-state index contributed by atoms with van der Waals surface area (Å²) in [5, 5.41) is 2.84. The molecule has 1 heterocycles. The lowest BCUT2D eigenvalue weighted by molar-refractivity contribution is -0.124. The Balaban J connectivity index is 2.17. The third kappa shape index (κ3) is 3.75. The van der Waals surface area contributed by atoms with Gasteiger partial charge in [0, 0.05) is 30.2 Å². The minimum Gasteiger partial charge on any atom is -0.399 e. The van der Waals surface area contributed by atoms with Crippen molar-refractivity contribution in [1.29, 1.82) is 0 Å². The van der Waals surface area contributed by atoms with Crippen LogP contribution in [-0.2, 0) is 11.3 Å². The molecule has 2 rings (SSSR count). The van der Waals surface area contributed by atoms with Gasteiger partial charge in [0.25, 0.3) is 5.56 Å². The predicted molar refractivity (Wildman–Crippen MR) is 88.7 cm³/mol. The number of nitrogens with zero attached hydrogens (tertiary/aromatic N) is 1. The lowest BCUT2D eigenvalue weighted by Gasteiger charge is -2.24. The van der Waals surface area contributed by atoms with E-state index in [-0.39, 0.29) is 11.5 Å². The second-order valence-corrected chi connectivity index (χ2v) is 6.14. The second-order valence-electron chi connectivity index (χ2n) is 6.14. The zero-order valence-electron chi connectivity index (χ0n) is 13.1. The molecule has 0 spiro atoms. The van der Waals surface area contributed by atoms with Gasteiger partial charge in [-0.05, 0) is 44.5 Å². The van der Waals surface area contributed by atoms with E-state index in [1.165, 1.54) is 6.07 Å². The van der Waals surface area contributed by atoms with Gasteiger partial charge in [0.2, 0.25) is 5.91 Å². The molecule has 2 aromatic rings. The normalized spacial score (nSPS) is 11.2. The highest BCUT2D eigenvalue weighted by Gasteiger charge is 2.28. The zero-order valence-corrected chi connectivity index (χ0v) is 13.1. The molecule has 0 aliphatic rings. The number of anilines is 2. The molecule has 116 valence electrons. The number of nitrogen functional groups attached to an aromatic ring is 1. The zero-order chi connectivity index (χ0) is 16.3. The Labute approximate surface area is 129 Å². The monoisotopic (exact) mass is 299 g/mol. The number of hydrogen-bond donors (Lipinski definition) is 2. The van der Waals surface area contributed by atoms with Gasteiger partial charge in [-0.25, -0.2) is 0 Å². The highest BCUT2D eigenvalue weighted by Crippen LogP contribution is 2.21. The van der Waals surface area contributed by atoms with Crippen molar-refractivity contribution in [3.05, 3.63) is 58.5 Å². The first kappa shape index (κ1) is 15.8. The van der Waals surface area contributed by atoms with Crippen LogP contribution in [0.5, 0.6) is 0 Å². The fourth-order valence-corrected chi connectivity index (χ4v) is 2.19. The standard InChI is InChI=1S/C17H21N3O2/c1-12-7-8-15(21)20(10-12)11-17(2,3)16(22)19-14-6-4-5-13(18)9-14/h4-10H,11,18H2,1-3H3,(H,19,22). The van der Waals surface area contributed by atoms with E-state index >= 15 is 0 Å². The summed E-state index contributed by atoms with van der Waals surface area (Å²) in [5.41, 5.74) is 7.07. The highest BCUT2D eigenvalue weighted by atomic mass is 16.2. The molecule has 0 unspecified atom stereocenters. The van der Waals surface area contributed by atoms with Gasteiger partial charge in [0.05, 0.1) is 5.41 Å². The summed E-state index contributed by atoms with van der Waals surface area (Å²) in [7, 11) is 0. The number of pyridine rings is 1. The van der Waals surface area contributed by atoms with Crippen molar-refractivity contribution in [3.8, 4) is 0 Å². The molecular weight excluding hydrogens is 278 g/mol. The molecule has 0 fully saturated rings. The van der Waals surface area contributed by atoms with E-state index in [1.54, 1.807) is 41.1 Å². The van der Waals surface area contributed by atoms with Gasteiger partial charge in [-0.15, -0.1) is 0 Å². The summed E-state index contributed by atoms with van der Waals surface area (Å²) in [4.78, 5) is 24.4. The minimum absolute atomic E-state index is 0.115. The number of nitrogens with one attached hydrogen (secondary N) is 1. The Kier molecular flexibility index (Phi) is 4.35. The smallest absolute Gasteiger partial charge is 0.250 e. The number of benzene rings is 1. The quantitative estimate of drug-likeness (QED) is 0.851.